The van der Waals surface area contributed by atoms with Gasteiger partial charge in [0.1, 0.15) is 0 Å². The van der Waals surface area contributed by atoms with Crippen molar-refractivity contribution >= 4 is 28.6 Å². The van der Waals surface area contributed by atoms with Gasteiger partial charge in [0.05, 0.1) is 26.1 Å². The summed E-state index contributed by atoms with van der Waals surface area (Å²) in [6, 6.07) is 8.19. The predicted molar refractivity (Wildman–Crippen MR) is 84.0 cm³/mol. The van der Waals surface area contributed by atoms with Crippen LogP contribution in [0.2, 0.25) is 0 Å². The molecule has 20 heavy (non-hydrogen) atoms. The van der Waals surface area contributed by atoms with Crippen molar-refractivity contribution in [2.75, 3.05) is 13.2 Å². The number of thiophene rings is 2. The fourth-order valence-corrected chi connectivity index (χ4v) is 3.31. The maximum absolute atomic E-state index is 12.3. The Hall–Kier alpha value is -1.17. The third-order valence-corrected chi connectivity index (χ3v) is 4.59. The number of carbonyl (C=O) groups is 1. The van der Waals surface area contributed by atoms with Crippen molar-refractivity contribution in [2.24, 2.45) is 0 Å². The molecule has 0 fully saturated rings. The van der Waals surface area contributed by atoms with Crippen molar-refractivity contribution in [3.05, 3.63) is 44.8 Å². The van der Waals surface area contributed by atoms with Crippen molar-refractivity contribution < 1.29 is 9.53 Å². The standard InChI is InChI=1S/C15H19NO2S2/c1-2-18-8-7-15(17)16(11-13-5-3-9-19-13)12-14-6-4-10-20-14/h3-6,9-10H,2,7-8,11-12H2,1H3. The van der Waals surface area contributed by atoms with E-state index in [1.807, 2.05) is 34.7 Å². The van der Waals surface area contributed by atoms with E-state index in [4.69, 9.17) is 4.74 Å². The zero-order chi connectivity index (χ0) is 14.2. The van der Waals surface area contributed by atoms with Gasteiger partial charge in [-0.25, -0.2) is 0 Å². The Labute approximate surface area is 127 Å². The topological polar surface area (TPSA) is 29.5 Å². The quantitative estimate of drug-likeness (QED) is 0.695. The molecular weight excluding hydrogens is 290 g/mol. The van der Waals surface area contributed by atoms with Gasteiger partial charge in [0.25, 0.3) is 0 Å². The smallest absolute Gasteiger partial charge is 0.225 e. The van der Waals surface area contributed by atoms with E-state index < -0.39 is 0 Å². The van der Waals surface area contributed by atoms with E-state index in [1.54, 1.807) is 22.7 Å². The SMILES string of the molecule is CCOCCC(=O)N(Cc1cccs1)Cc1cccs1. The van der Waals surface area contributed by atoms with Crippen molar-refractivity contribution in [1.82, 2.24) is 4.90 Å². The molecule has 0 aromatic carbocycles. The summed E-state index contributed by atoms with van der Waals surface area (Å²) in [5.74, 6) is 0.153. The first-order valence-electron chi connectivity index (χ1n) is 6.70. The molecule has 0 unspecified atom stereocenters. The van der Waals surface area contributed by atoms with Gasteiger partial charge in [-0.3, -0.25) is 4.79 Å². The Kier molecular flexibility index (Phi) is 6.24. The second-order valence-corrected chi connectivity index (χ2v) is 6.42. The number of amides is 1. The van der Waals surface area contributed by atoms with E-state index in [0.717, 1.165) is 0 Å². The average Bonchev–Trinajstić information content (AvgIpc) is 3.11. The average molecular weight is 309 g/mol. The fraction of sp³-hybridized carbons (Fsp3) is 0.400. The molecule has 0 aliphatic heterocycles. The second kappa shape index (κ2) is 8.19. The summed E-state index contributed by atoms with van der Waals surface area (Å²) in [6.45, 7) is 4.46. The van der Waals surface area contributed by atoms with Crippen LogP contribution in [0, 0.1) is 0 Å². The number of ether oxygens (including phenoxy) is 1. The highest BCUT2D eigenvalue weighted by Crippen LogP contribution is 2.17. The van der Waals surface area contributed by atoms with Gasteiger partial charge in [-0.05, 0) is 29.8 Å². The number of hydrogen-bond acceptors (Lipinski definition) is 4. The highest BCUT2D eigenvalue weighted by Gasteiger charge is 2.15. The molecule has 0 N–H and O–H groups in total. The van der Waals surface area contributed by atoms with E-state index in [1.165, 1.54) is 9.75 Å². The van der Waals surface area contributed by atoms with Crippen molar-refractivity contribution in [3.63, 3.8) is 0 Å². The van der Waals surface area contributed by atoms with Gasteiger partial charge in [0.15, 0.2) is 0 Å². The van der Waals surface area contributed by atoms with E-state index in [-0.39, 0.29) is 5.91 Å². The van der Waals surface area contributed by atoms with Crippen LogP contribution in [0.3, 0.4) is 0 Å². The normalized spacial score (nSPS) is 10.7. The van der Waals surface area contributed by atoms with E-state index in [9.17, 15) is 4.79 Å². The van der Waals surface area contributed by atoms with Gasteiger partial charge < -0.3 is 9.64 Å². The first-order chi connectivity index (χ1) is 9.79. The Morgan fingerprint density at radius 1 is 1.15 bits per heavy atom. The molecule has 0 aliphatic carbocycles. The van der Waals surface area contributed by atoms with Crippen LogP contribution in [0.5, 0.6) is 0 Å². The van der Waals surface area contributed by atoms with Crippen LogP contribution in [-0.2, 0) is 22.6 Å². The maximum Gasteiger partial charge on any atom is 0.225 e. The van der Waals surface area contributed by atoms with Crippen molar-refractivity contribution in [1.29, 1.82) is 0 Å². The number of carbonyl (C=O) groups excluding carboxylic acids is 1. The third kappa shape index (κ3) is 4.74. The third-order valence-electron chi connectivity index (χ3n) is 2.87. The lowest BCUT2D eigenvalue weighted by molar-refractivity contribution is -0.133. The largest absolute Gasteiger partial charge is 0.381 e. The number of rotatable bonds is 8. The van der Waals surface area contributed by atoms with Crippen LogP contribution in [0.1, 0.15) is 23.1 Å². The Bertz CT molecular complexity index is 458. The predicted octanol–water partition coefficient (Wildman–Crippen LogP) is 3.77. The lowest BCUT2D eigenvalue weighted by atomic mass is 10.3. The molecule has 2 rings (SSSR count). The number of nitrogens with zero attached hydrogens (tertiary/aromatic N) is 1. The van der Waals surface area contributed by atoms with Gasteiger partial charge in [-0.15, -0.1) is 22.7 Å². The number of hydrogen-bond donors (Lipinski definition) is 0. The monoisotopic (exact) mass is 309 g/mol. The van der Waals surface area contributed by atoms with Gasteiger partial charge in [-0.1, -0.05) is 12.1 Å². The molecule has 2 aromatic rings. The molecule has 2 aromatic heterocycles. The maximum atomic E-state index is 12.3. The lowest BCUT2D eigenvalue weighted by Crippen LogP contribution is -2.30. The van der Waals surface area contributed by atoms with Crippen LogP contribution >= 0.6 is 22.7 Å². The zero-order valence-electron chi connectivity index (χ0n) is 11.6. The van der Waals surface area contributed by atoms with Gasteiger partial charge in [0, 0.05) is 16.4 Å². The summed E-state index contributed by atoms with van der Waals surface area (Å²) in [5, 5.41) is 4.09. The van der Waals surface area contributed by atoms with Gasteiger partial charge in [-0.2, -0.15) is 0 Å². The highest BCUT2D eigenvalue weighted by atomic mass is 32.1. The van der Waals surface area contributed by atoms with Crippen molar-refractivity contribution in [2.45, 2.75) is 26.4 Å². The van der Waals surface area contributed by atoms with Gasteiger partial charge in [0.2, 0.25) is 5.91 Å². The molecule has 108 valence electrons. The first-order valence-corrected chi connectivity index (χ1v) is 8.45. The Balaban J connectivity index is 1.97. The Morgan fingerprint density at radius 2 is 1.75 bits per heavy atom. The van der Waals surface area contributed by atoms with Crippen LogP contribution < -0.4 is 0 Å². The minimum Gasteiger partial charge on any atom is -0.381 e. The zero-order valence-corrected chi connectivity index (χ0v) is 13.2. The molecule has 5 heteroatoms. The van der Waals surface area contributed by atoms with Crippen LogP contribution in [-0.4, -0.2) is 24.0 Å². The molecule has 0 spiro atoms. The minimum atomic E-state index is 0.153. The summed E-state index contributed by atoms with van der Waals surface area (Å²) >= 11 is 3.38. The minimum absolute atomic E-state index is 0.153. The summed E-state index contributed by atoms with van der Waals surface area (Å²) in [5.41, 5.74) is 0. The summed E-state index contributed by atoms with van der Waals surface area (Å²) in [4.78, 5) is 16.7. The molecule has 0 aliphatic rings. The molecule has 0 saturated heterocycles. The van der Waals surface area contributed by atoms with E-state index >= 15 is 0 Å². The van der Waals surface area contributed by atoms with E-state index in [2.05, 4.69) is 12.1 Å². The van der Waals surface area contributed by atoms with Crippen LogP contribution in [0.25, 0.3) is 0 Å². The van der Waals surface area contributed by atoms with Crippen molar-refractivity contribution in [3.8, 4) is 0 Å². The molecular formula is C15H19NO2S2. The molecule has 0 radical (unpaired) electrons. The van der Waals surface area contributed by atoms with E-state index in [0.29, 0.717) is 32.7 Å². The van der Waals surface area contributed by atoms with Crippen LogP contribution in [0.15, 0.2) is 35.0 Å². The summed E-state index contributed by atoms with van der Waals surface area (Å²) in [6.07, 6.45) is 0.449. The Morgan fingerprint density at radius 3 is 2.20 bits per heavy atom. The molecule has 0 atom stereocenters. The summed E-state index contributed by atoms with van der Waals surface area (Å²) in [7, 11) is 0. The van der Waals surface area contributed by atoms with Gasteiger partial charge >= 0.3 is 0 Å². The molecule has 3 nitrogen and oxygen atoms in total. The summed E-state index contributed by atoms with van der Waals surface area (Å²) < 4.78 is 5.28. The highest BCUT2D eigenvalue weighted by molar-refractivity contribution is 7.10. The molecule has 0 bridgehead atoms. The lowest BCUT2D eigenvalue weighted by Gasteiger charge is -2.21. The fourth-order valence-electron chi connectivity index (χ4n) is 1.88. The molecule has 0 saturated carbocycles. The molecule has 1 amide bonds. The second-order valence-electron chi connectivity index (χ2n) is 4.36. The molecule has 2 heterocycles. The first kappa shape index (κ1) is 15.2. The van der Waals surface area contributed by atoms with Crippen LogP contribution in [0.4, 0.5) is 0 Å².